The van der Waals surface area contributed by atoms with Crippen molar-refractivity contribution >= 4 is 11.6 Å². The van der Waals surface area contributed by atoms with Crippen molar-refractivity contribution in [2.45, 2.75) is 26.1 Å². The second-order valence-electron chi connectivity index (χ2n) is 3.87. The smallest absolute Gasteiger partial charge is 0.267 e. The van der Waals surface area contributed by atoms with Gasteiger partial charge in [0, 0.05) is 7.05 Å². The topological polar surface area (TPSA) is 49.8 Å². The molecule has 0 saturated heterocycles. The number of anilines is 1. The third-order valence-corrected chi connectivity index (χ3v) is 2.81. The van der Waals surface area contributed by atoms with Crippen LogP contribution in [0.15, 0.2) is 18.2 Å². The van der Waals surface area contributed by atoms with Crippen molar-refractivity contribution in [2.75, 3.05) is 11.9 Å². The van der Waals surface area contributed by atoms with Crippen LogP contribution >= 0.6 is 0 Å². The van der Waals surface area contributed by atoms with E-state index in [-0.39, 0.29) is 12.5 Å². The molecule has 0 aliphatic carbocycles. The molecule has 1 aliphatic heterocycles. The molecule has 0 bridgehead atoms. The Hall–Kier alpha value is -1.55. The van der Waals surface area contributed by atoms with Crippen LogP contribution in [0.4, 0.5) is 5.69 Å². The number of ether oxygens (including phenoxy) is 1. The van der Waals surface area contributed by atoms with Gasteiger partial charge in [-0.15, -0.1) is 0 Å². The fourth-order valence-corrected chi connectivity index (χ4v) is 1.82. The van der Waals surface area contributed by atoms with Crippen LogP contribution in [0.25, 0.3) is 0 Å². The van der Waals surface area contributed by atoms with Crippen LogP contribution in [0, 0.1) is 0 Å². The average molecular weight is 221 g/mol. The summed E-state index contributed by atoms with van der Waals surface area (Å²) >= 11 is 0. The van der Waals surface area contributed by atoms with E-state index in [4.69, 9.17) is 9.84 Å². The average Bonchev–Trinajstić information content (AvgIpc) is 2.33. The summed E-state index contributed by atoms with van der Waals surface area (Å²) in [6, 6.07) is 5.36. The van der Waals surface area contributed by atoms with Gasteiger partial charge in [-0.25, -0.2) is 0 Å². The van der Waals surface area contributed by atoms with Gasteiger partial charge in [0.25, 0.3) is 5.91 Å². The first kappa shape index (κ1) is 11.0. The monoisotopic (exact) mass is 221 g/mol. The number of hydrogen-bond acceptors (Lipinski definition) is 3. The van der Waals surface area contributed by atoms with Gasteiger partial charge < -0.3 is 14.7 Å². The first-order valence-electron chi connectivity index (χ1n) is 5.35. The van der Waals surface area contributed by atoms with E-state index in [2.05, 4.69) is 0 Å². The Morgan fingerprint density at radius 2 is 2.25 bits per heavy atom. The summed E-state index contributed by atoms with van der Waals surface area (Å²) < 4.78 is 5.60. The molecule has 2 rings (SSSR count). The molecule has 0 radical (unpaired) electrons. The molecule has 16 heavy (non-hydrogen) atoms. The maximum Gasteiger partial charge on any atom is 0.267 e. The Labute approximate surface area is 94.4 Å². The predicted octanol–water partition coefficient (Wildman–Crippen LogP) is 1.31. The number of hydrogen-bond donors (Lipinski definition) is 1. The highest BCUT2D eigenvalue weighted by molar-refractivity contribution is 5.99. The third kappa shape index (κ3) is 1.65. The zero-order chi connectivity index (χ0) is 11.7. The molecule has 1 N–H and O–H groups in total. The normalized spacial score (nSPS) is 19.3. The van der Waals surface area contributed by atoms with E-state index in [1.165, 1.54) is 0 Å². The maximum atomic E-state index is 11.8. The molecular weight excluding hydrogens is 206 g/mol. The summed E-state index contributed by atoms with van der Waals surface area (Å²) in [6.07, 6.45) is 0.234. The maximum absolute atomic E-state index is 11.8. The van der Waals surface area contributed by atoms with Gasteiger partial charge in [0.15, 0.2) is 6.10 Å². The summed E-state index contributed by atoms with van der Waals surface area (Å²) in [5.74, 6) is 0.646. The Morgan fingerprint density at radius 1 is 1.50 bits per heavy atom. The molecule has 0 saturated carbocycles. The van der Waals surface area contributed by atoms with Gasteiger partial charge in [-0.05, 0) is 24.1 Å². The van der Waals surface area contributed by atoms with Crippen LogP contribution in [0.5, 0.6) is 5.75 Å². The van der Waals surface area contributed by atoms with E-state index in [0.717, 1.165) is 11.3 Å². The molecule has 4 nitrogen and oxygen atoms in total. The van der Waals surface area contributed by atoms with Crippen molar-refractivity contribution in [1.29, 1.82) is 0 Å². The molecular formula is C12H15NO3. The van der Waals surface area contributed by atoms with Crippen molar-refractivity contribution in [2.24, 2.45) is 0 Å². The first-order chi connectivity index (χ1) is 7.67. The fraction of sp³-hybridized carbons (Fsp3) is 0.417. The number of rotatable bonds is 2. The molecule has 4 heteroatoms. The number of aliphatic hydroxyl groups excluding tert-OH is 1. The number of aliphatic hydroxyl groups is 1. The van der Waals surface area contributed by atoms with Crippen molar-refractivity contribution in [3.8, 4) is 5.75 Å². The van der Waals surface area contributed by atoms with Crippen molar-refractivity contribution in [3.05, 3.63) is 23.8 Å². The third-order valence-electron chi connectivity index (χ3n) is 2.81. The lowest BCUT2D eigenvalue weighted by molar-refractivity contribution is -0.126. The van der Waals surface area contributed by atoms with Gasteiger partial charge in [-0.1, -0.05) is 13.0 Å². The molecule has 1 heterocycles. The number of amides is 1. The van der Waals surface area contributed by atoms with E-state index < -0.39 is 6.10 Å². The van der Waals surface area contributed by atoms with E-state index in [0.29, 0.717) is 12.2 Å². The van der Waals surface area contributed by atoms with Crippen LogP contribution in [-0.2, 0) is 11.4 Å². The van der Waals surface area contributed by atoms with Gasteiger partial charge in [-0.3, -0.25) is 4.79 Å². The number of nitrogens with zero attached hydrogens (tertiary/aromatic N) is 1. The van der Waals surface area contributed by atoms with Gasteiger partial charge in [0.05, 0.1) is 12.3 Å². The van der Waals surface area contributed by atoms with Gasteiger partial charge in [-0.2, -0.15) is 0 Å². The molecule has 0 spiro atoms. The molecule has 1 atom stereocenters. The van der Waals surface area contributed by atoms with Crippen LogP contribution in [0.1, 0.15) is 18.9 Å². The number of benzene rings is 1. The molecule has 86 valence electrons. The second-order valence-corrected chi connectivity index (χ2v) is 3.87. The molecule has 1 amide bonds. The van der Waals surface area contributed by atoms with Crippen LogP contribution in [-0.4, -0.2) is 24.2 Å². The van der Waals surface area contributed by atoms with Gasteiger partial charge in [0.2, 0.25) is 0 Å². The van der Waals surface area contributed by atoms with E-state index in [9.17, 15) is 4.79 Å². The molecule has 0 fully saturated rings. The summed E-state index contributed by atoms with van der Waals surface area (Å²) in [6.45, 7) is 1.89. The molecule has 0 aromatic heterocycles. The van der Waals surface area contributed by atoms with Crippen LogP contribution in [0.2, 0.25) is 0 Å². The van der Waals surface area contributed by atoms with Crippen LogP contribution < -0.4 is 9.64 Å². The lowest BCUT2D eigenvalue weighted by Gasteiger charge is -2.31. The van der Waals surface area contributed by atoms with Crippen molar-refractivity contribution in [1.82, 2.24) is 0 Å². The van der Waals surface area contributed by atoms with E-state index >= 15 is 0 Å². The highest BCUT2D eigenvalue weighted by atomic mass is 16.5. The second kappa shape index (κ2) is 4.14. The fourth-order valence-electron chi connectivity index (χ4n) is 1.82. The van der Waals surface area contributed by atoms with Gasteiger partial charge >= 0.3 is 0 Å². The number of carbonyl (C=O) groups is 1. The van der Waals surface area contributed by atoms with E-state index in [1.807, 2.05) is 6.92 Å². The van der Waals surface area contributed by atoms with Gasteiger partial charge in [0.1, 0.15) is 5.75 Å². The lowest BCUT2D eigenvalue weighted by atomic mass is 10.1. The molecule has 1 aromatic carbocycles. The zero-order valence-electron chi connectivity index (χ0n) is 9.43. The molecule has 1 aromatic rings. The highest BCUT2D eigenvalue weighted by Gasteiger charge is 2.30. The summed E-state index contributed by atoms with van der Waals surface area (Å²) in [5, 5.41) is 9.04. The Morgan fingerprint density at radius 3 is 2.88 bits per heavy atom. The predicted molar refractivity (Wildman–Crippen MR) is 60.5 cm³/mol. The SMILES string of the molecule is CCC1Oc2cc(CO)ccc2N(C)C1=O. The summed E-state index contributed by atoms with van der Waals surface area (Å²) in [7, 11) is 1.74. The minimum absolute atomic E-state index is 0.0215. The van der Waals surface area contributed by atoms with E-state index in [1.54, 1.807) is 30.1 Å². The quantitative estimate of drug-likeness (QED) is 0.819. The molecule has 1 aliphatic rings. The lowest BCUT2D eigenvalue weighted by Crippen LogP contribution is -2.43. The van der Waals surface area contributed by atoms with Crippen molar-refractivity contribution in [3.63, 3.8) is 0 Å². The van der Waals surface area contributed by atoms with Crippen molar-refractivity contribution < 1.29 is 14.6 Å². The Balaban J connectivity index is 2.42. The largest absolute Gasteiger partial charge is 0.478 e. The first-order valence-corrected chi connectivity index (χ1v) is 5.35. The summed E-state index contributed by atoms with van der Waals surface area (Å²) in [4.78, 5) is 13.4. The highest BCUT2D eigenvalue weighted by Crippen LogP contribution is 2.34. The minimum atomic E-state index is -0.411. The Bertz CT molecular complexity index is 417. The number of fused-ring (bicyclic) bond motifs is 1. The standard InChI is InChI=1S/C12H15NO3/c1-3-10-12(15)13(2)9-5-4-8(7-14)6-11(9)16-10/h4-6,10,14H,3,7H2,1-2H3. The zero-order valence-corrected chi connectivity index (χ0v) is 9.43. The number of carbonyl (C=O) groups excluding carboxylic acids is 1. The number of likely N-dealkylation sites (N-methyl/N-ethyl adjacent to an activating group) is 1. The Kier molecular flexibility index (Phi) is 2.83. The minimum Gasteiger partial charge on any atom is -0.478 e. The molecule has 1 unspecified atom stereocenters. The van der Waals surface area contributed by atoms with Crippen LogP contribution in [0.3, 0.4) is 0 Å². The summed E-state index contributed by atoms with van der Waals surface area (Å²) in [5.41, 5.74) is 1.54.